The Morgan fingerprint density at radius 2 is 1.93 bits per heavy atom. The lowest BCUT2D eigenvalue weighted by atomic mass is 9.95. The molecule has 0 bridgehead atoms. The number of ether oxygens (including phenoxy) is 1. The van der Waals surface area contributed by atoms with Crippen LogP contribution in [-0.2, 0) is 20.7 Å². The molecule has 0 spiro atoms. The maximum Gasteiger partial charge on any atom is 0.227 e. The Morgan fingerprint density at radius 1 is 1.11 bits per heavy atom. The number of benzene rings is 1. The highest BCUT2D eigenvalue weighted by molar-refractivity contribution is 5.82. The third-order valence-electron chi connectivity index (χ3n) is 6.07. The Balaban J connectivity index is 1.36. The predicted molar refractivity (Wildman–Crippen MR) is 103 cm³/mol. The summed E-state index contributed by atoms with van der Waals surface area (Å²) in [6.45, 7) is 3.79. The van der Waals surface area contributed by atoms with E-state index in [1.165, 1.54) is 0 Å². The highest BCUT2D eigenvalue weighted by Gasteiger charge is 2.39. The number of piperidine rings is 1. The van der Waals surface area contributed by atoms with Crippen LogP contribution >= 0.6 is 0 Å². The summed E-state index contributed by atoms with van der Waals surface area (Å²) in [5, 5.41) is 0. The molecule has 1 saturated carbocycles. The van der Waals surface area contributed by atoms with Gasteiger partial charge in [0.1, 0.15) is 0 Å². The normalized spacial score (nSPS) is 25.4. The van der Waals surface area contributed by atoms with Crippen molar-refractivity contribution in [3.05, 3.63) is 35.9 Å². The van der Waals surface area contributed by atoms with Crippen molar-refractivity contribution < 1.29 is 14.3 Å². The summed E-state index contributed by atoms with van der Waals surface area (Å²) in [4.78, 5) is 30.0. The monoisotopic (exact) mass is 370 g/mol. The Kier molecular flexibility index (Phi) is 5.77. The topological polar surface area (TPSA) is 49.9 Å². The van der Waals surface area contributed by atoms with Crippen molar-refractivity contribution in [1.82, 2.24) is 9.80 Å². The highest BCUT2D eigenvalue weighted by atomic mass is 16.5. The number of carbonyl (C=O) groups is 2. The molecule has 3 aliphatic rings. The summed E-state index contributed by atoms with van der Waals surface area (Å²) in [6.07, 6.45) is 5.56. The molecule has 146 valence electrons. The predicted octanol–water partition coefficient (Wildman–Crippen LogP) is 2.50. The Hall–Kier alpha value is -1.88. The minimum Gasteiger partial charge on any atom is -0.381 e. The zero-order chi connectivity index (χ0) is 18.6. The zero-order valence-electron chi connectivity index (χ0n) is 16.0. The average molecular weight is 370 g/mol. The van der Waals surface area contributed by atoms with Crippen LogP contribution in [0.3, 0.4) is 0 Å². The number of amides is 2. The van der Waals surface area contributed by atoms with Gasteiger partial charge in [-0.25, -0.2) is 0 Å². The van der Waals surface area contributed by atoms with E-state index in [0.29, 0.717) is 24.9 Å². The van der Waals surface area contributed by atoms with Gasteiger partial charge < -0.3 is 14.5 Å². The molecule has 0 unspecified atom stereocenters. The quantitative estimate of drug-likeness (QED) is 0.773. The van der Waals surface area contributed by atoms with Gasteiger partial charge in [-0.1, -0.05) is 30.3 Å². The Bertz CT molecular complexity index is 653. The van der Waals surface area contributed by atoms with Crippen molar-refractivity contribution in [2.24, 2.45) is 11.8 Å². The lowest BCUT2D eigenvalue weighted by Crippen LogP contribution is -2.48. The number of rotatable bonds is 6. The maximum atomic E-state index is 13.2. The molecule has 27 heavy (non-hydrogen) atoms. The van der Waals surface area contributed by atoms with Gasteiger partial charge in [0, 0.05) is 38.2 Å². The van der Waals surface area contributed by atoms with Gasteiger partial charge in [-0.3, -0.25) is 9.59 Å². The Labute approximate surface area is 161 Å². The highest BCUT2D eigenvalue weighted by Crippen LogP contribution is 2.32. The lowest BCUT2D eigenvalue weighted by molar-refractivity contribution is -0.141. The second-order valence-corrected chi connectivity index (χ2v) is 8.29. The molecule has 2 atom stereocenters. The molecule has 0 N–H and O–H groups in total. The molecular formula is C22H30N2O3. The molecule has 1 aromatic carbocycles. The van der Waals surface area contributed by atoms with Gasteiger partial charge in [0.15, 0.2) is 0 Å². The van der Waals surface area contributed by atoms with E-state index < -0.39 is 0 Å². The summed E-state index contributed by atoms with van der Waals surface area (Å²) in [6, 6.07) is 10.3. The van der Waals surface area contributed by atoms with Crippen molar-refractivity contribution in [2.45, 2.75) is 44.6 Å². The summed E-state index contributed by atoms with van der Waals surface area (Å²) >= 11 is 0. The van der Waals surface area contributed by atoms with Gasteiger partial charge in [0.05, 0.1) is 18.9 Å². The smallest absolute Gasteiger partial charge is 0.227 e. The molecule has 2 amide bonds. The van der Waals surface area contributed by atoms with Crippen LogP contribution in [-0.4, -0.2) is 60.5 Å². The van der Waals surface area contributed by atoms with E-state index in [9.17, 15) is 9.59 Å². The number of nitrogens with zero attached hydrogens (tertiary/aromatic N) is 2. The Morgan fingerprint density at radius 3 is 2.63 bits per heavy atom. The van der Waals surface area contributed by atoms with Gasteiger partial charge in [0.25, 0.3) is 0 Å². The molecule has 0 radical (unpaired) electrons. The molecule has 5 nitrogen and oxygen atoms in total. The molecule has 2 heterocycles. The fourth-order valence-electron chi connectivity index (χ4n) is 4.33. The summed E-state index contributed by atoms with van der Waals surface area (Å²) < 4.78 is 5.50. The molecule has 2 saturated heterocycles. The molecule has 0 aromatic heterocycles. The third-order valence-corrected chi connectivity index (χ3v) is 6.07. The van der Waals surface area contributed by atoms with Crippen molar-refractivity contribution >= 4 is 11.8 Å². The van der Waals surface area contributed by atoms with Crippen LogP contribution in [0.25, 0.3) is 0 Å². The van der Waals surface area contributed by atoms with Crippen molar-refractivity contribution in [2.75, 3.05) is 32.8 Å². The van der Waals surface area contributed by atoms with Crippen LogP contribution < -0.4 is 0 Å². The van der Waals surface area contributed by atoms with Crippen molar-refractivity contribution in [1.29, 1.82) is 0 Å². The van der Waals surface area contributed by atoms with Crippen LogP contribution in [0.4, 0.5) is 0 Å². The van der Waals surface area contributed by atoms with Crippen molar-refractivity contribution in [3.63, 3.8) is 0 Å². The minimum atomic E-state index is -0.0404. The van der Waals surface area contributed by atoms with Crippen LogP contribution in [0.2, 0.25) is 0 Å². The van der Waals surface area contributed by atoms with Crippen LogP contribution in [0.5, 0.6) is 0 Å². The molecule has 5 heteroatoms. The first kappa shape index (κ1) is 18.5. The molecule has 1 aliphatic carbocycles. The number of likely N-dealkylation sites (tertiary alicyclic amines) is 1. The first-order valence-electron chi connectivity index (χ1n) is 10.4. The van der Waals surface area contributed by atoms with E-state index in [2.05, 4.69) is 4.90 Å². The summed E-state index contributed by atoms with van der Waals surface area (Å²) in [5.41, 5.74) is 1.04. The lowest BCUT2D eigenvalue weighted by Gasteiger charge is -2.36. The number of hydrogen-bond donors (Lipinski definition) is 0. The summed E-state index contributed by atoms with van der Waals surface area (Å²) in [5.74, 6) is 0.845. The standard InChI is InChI=1S/C22H30N2O3/c25-21(13-17-5-2-1-3-6-17)23-11-4-7-19(15-23)22(26)24(20-8-9-20)14-18-10-12-27-16-18/h1-3,5-6,18-20H,4,7-16H2/t18-,19-/m1/s1. The van der Waals surface area contributed by atoms with E-state index in [1.54, 1.807) is 0 Å². The first-order valence-corrected chi connectivity index (χ1v) is 10.4. The fraction of sp³-hybridized carbons (Fsp3) is 0.636. The number of carbonyl (C=O) groups excluding carboxylic acids is 2. The molecule has 2 aliphatic heterocycles. The fourth-order valence-corrected chi connectivity index (χ4v) is 4.33. The zero-order valence-corrected chi connectivity index (χ0v) is 16.0. The van der Waals surface area contributed by atoms with Crippen molar-refractivity contribution in [3.8, 4) is 0 Å². The van der Waals surface area contributed by atoms with Gasteiger partial charge >= 0.3 is 0 Å². The third kappa shape index (κ3) is 4.70. The largest absolute Gasteiger partial charge is 0.381 e. The van der Waals surface area contributed by atoms with Gasteiger partial charge in [-0.15, -0.1) is 0 Å². The maximum absolute atomic E-state index is 13.2. The van der Waals surface area contributed by atoms with E-state index in [0.717, 1.165) is 64.0 Å². The second kappa shape index (κ2) is 8.42. The van der Waals surface area contributed by atoms with E-state index in [1.807, 2.05) is 35.2 Å². The van der Waals surface area contributed by atoms with E-state index in [4.69, 9.17) is 4.74 Å². The van der Waals surface area contributed by atoms with E-state index in [-0.39, 0.29) is 17.7 Å². The van der Waals surface area contributed by atoms with E-state index >= 15 is 0 Å². The van der Waals surface area contributed by atoms with Gasteiger partial charge in [0.2, 0.25) is 11.8 Å². The van der Waals surface area contributed by atoms with Gasteiger partial charge in [-0.05, 0) is 37.7 Å². The molecular weight excluding hydrogens is 340 g/mol. The number of hydrogen-bond acceptors (Lipinski definition) is 3. The molecule has 3 fully saturated rings. The SMILES string of the molecule is O=C(Cc1ccccc1)N1CCC[C@@H](C(=O)N(C[C@H]2CCOC2)C2CC2)C1. The van der Waals surface area contributed by atoms with Crippen LogP contribution in [0, 0.1) is 11.8 Å². The van der Waals surface area contributed by atoms with Crippen LogP contribution in [0.15, 0.2) is 30.3 Å². The van der Waals surface area contributed by atoms with Gasteiger partial charge in [-0.2, -0.15) is 0 Å². The molecule has 1 aromatic rings. The minimum absolute atomic E-state index is 0.0404. The second-order valence-electron chi connectivity index (χ2n) is 8.29. The van der Waals surface area contributed by atoms with Crippen LogP contribution in [0.1, 0.15) is 37.7 Å². The molecule has 4 rings (SSSR count). The average Bonchev–Trinajstić information content (AvgIpc) is 3.42. The summed E-state index contributed by atoms with van der Waals surface area (Å²) in [7, 11) is 0. The first-order chi connectivity index (χ1) is 13.2.